The van der Waals surface area contributed by atoms with Crippen molar-refractivity contribution in [1.29, 1.82) is 0 Å². The van der Waals surface area contributed by atoms with Gasteiger partial charge in [0.1, 0.15) is 0 Å². The van der Waals surface area contributed by atoms with Crippen molar-refractivity contribution in [2.75, 3.05) is 38.5 Å². The van der Waals surface area contributed by atoms with Gasteiger partial charge in [0.2, 0.25) is 5.91 Å². The van der Waals surface area contributed by atoms with Gasteiger partial charge >= 0.3 is 0 Å². The van der Waals surface area contributed by atoms with Gasteiger partial charge in [-0.2, -0.15) is 0 Å². The summed E-state index contributed by atoms with van der Waals surface area (Å²) in [7, 11) is 0. The fourth-order valence-corrected chi connectivity index (χ4v) is 4.54. The Morgan fingerprint density at radius 2 is 2.12 bits per heavy atom. The third-order valence-electron chi connectivity index (χ3n) is 4.96. The molecular weight excluding hydrogens is 318 g/mol. The molecule has 2 aliphatic rings. The van der Waals surface area contributed by atoms with E-state index in [-0.39, 0.29) is 11.9 Å². The zero-order valence-corrected chi connectivity index (χ0v) is 15.2. The Kier molecular flexibility index (Phi) is 6.99. The highest BCUT2D eigenvalue weighted by Gasteiger charge is 2.24. The number of rotatable bonds is 7. The Balaban J connectivity index is 1.34. The number of benzene rings is 1. The fourth-order valence-electron chi connectivity index (χ4n) is 3.61. The maximum Gasteiger partial charge on any atom is 0.237 e. The van der Waals surface area contributed by atoms with Crippen LogP contribution in [0.15, 0.2) is 35.2 Å². The fraction of sp³-hybridized carbons (Fsp3) is 0.632. The average molecular weight is 348 g/mol. The maximum absolute atomic E-state index is 12.1. The first-order valence-electron chi connectivity index (χ1n) is 9.22. The third-order valence-corrected chi connectivity index (χ3v) is 5.96. The van der Waals surface area contributed by atoms with Gasteiger partial charge in [0.25, 0.3) is 0 Å². The first kappa shape index (κ1) is 17.8. The van der Waals surface area contributed by atoms with Crippen LogP contribution >= 0.6 is 11.8 Å². The lowest BCUT2D eigenvalue weighted by molar-refractivity contribution is -0.123. The average Bonchev–Trinajstić information content (AvgIpc) is 3.16. The first-order valence-corrected chi connectivity index (χ1v) is 10.2. The van der Waals surface area contributed by atoms with Gasteiger partial charge < -0.3 is 15.5 Å². The summed E-state index contributed by atoms with van der Waals surface area (Å²) >= 11 is 1.93. The van der Waals surface area contributed by atoms with Crippen LogP contribution in [-0.2, 0) is 4.79 Å². The molecule has 2 N–H and O–H groups in total. The number of nitrogens with zero attached hydrogens (tertiary/aromatic N) is 1. The van der Waals surface area contributed by atoms with E-state index in [0.29, 0.717) is 5.92 Å². The van der Waals surface area contributed by atoms with Gasteiger partial charge in [0, 0.05) is 30.3 Å². The van der Waals surface area contributed by atoms with Gasteiger partial charge in [-0.1, -0.05) is 18.2 Å². The van der Waals surface area contributed by atoms with Crippen LogP contribution in [0.25, 0.3) is 0 Å². The number of hydrogen-bond acceptors (Lipinski definition) is 4. The largest absolute Gasteiger partial charge is 0.354 e. The molecule has 5 heteroatoms. The van der Waals surface area contributed by atoms with Gasteiger partial charge in [-0.05, 0) is 56.8 Å². The first-order chi connectivity index (χ1) is 11.8. The second-order valence-electron chi connectivity index (χ2n) is 6.86. The van der Waals surface area contributed by atoms with Crippen LogP contribution in [-0.4, -0.2) is 55.3 Å². The number of thioether (sulfide) groups is 1. The summed E-state index contributed by atoms with van der Waals surface area (Å²) in [4.78, 5) is 16.0. The second kappa shape index (κ2) is 9.44. The van der Waals surface area contributed by atoms with E-state index in [1.165, 1.54) is 24.3 Å². The van der Waals surface area contributed by atoms with Crippen LogP contribution in [0.4, 0.5) is 0 Å². The number of hydrogen-bond donors (Lipinski definition) is 2. The highest BCUT2D eigenvalue weighted by molar-refractivity contribution is 7.99. The normalized spacial score (nSPS) is 24.8. The summed E-state index contributed by atoms with van der Waals surface area (Å²) in [6, 6.07) is 10.7. The van der Waals surface area contributed by atoms with Crippen LogP contribution in [0, 0.1) is 5.92 Å². The summed E-state index contributed by atoms with van der Waals surface area (Å²) in [5, 5.41) is 6.43. The van der Waals surface area contributed by atoms with Gasteiger partial charge in [-0.15, -0.1) is 11.8 Å². The van der Waals surface area contributed by atoms with Crippen molar-refractivity contribution >= 4 is 17.7 Å². The topological polar surface area (TPSA) is 44.4 Å². The minimum atomic E-state index is 0.0481. The predicted molar refractivity (Wildman–Crippen MR) is 100 cm³/mol. The standard InChI is InChI=1S/C19H29N3OS/c23-19(18-9-4-10-20-18)21-14-16-6-5-11-22(15-16)12-13-24-17-7-2-1-3-8-17/h1-3,7-8,16,18,20H,4-6,9-15H2,(H,21,23). The van der Waals surface area contributed by atoms with E-state index in [1.54, 1.807) is 0 Å². The molecule has 2 unspecified atom stereocenters. The molecule has 2 aliphatic heterocycles. The van der Waals surface area contributed by atoms with Crippen molar-refractivity contribution in [1.82, 2.24) is 15.5 Å². The molecule has 1 aromatic carbocycles. The van der Waals surface area contributed by atoms with Crippen molar-refractivity contribution in [3.63, 3.8) is 0 Å². The van der Waals surface area contributed by atoms with Crippen molar-refractivity contribution in [3.8, 4) is 0 Å². The molecule has 0 saturated carbocycles. The monoisotopic (exact) mass is 347 g/mol. The van der Waals surface area contributed by atoms with E-state index >= 15 is 0 Å². The maximum atomic E-state index is 12.1. The van der Waals surface area contributed by atoms with Gasteiger partial charge in [0.05, 0.1) is 6.04 Å². The van der Waals surface area contributed by atoms with E-state index < -0.39 is 0 Å². The van der Waals surface area contributed by atoms with Crippen molar-refractivity contribution in [3.05, 3.63) is 30.3 Å². The second-order valence-corrected chi connectivity index (χ2v) is 8.03. The Hall–Kier alpha value is -1.04. The number of carbonyl (C=O) groups excluding carboxylic acids is 1. The van der Waals surface area contributed by atoms with Crippen LogP contribution in [0.3, 0.4) is 0 Å². The van der Waals surface area contributed by atoms with E-state index in [2.05, 4.69) is 45.9 Å². The number of amides is 1. The molecule has 4 nitrogen and oxygen atoms in total. The minimum absolute atomic E-state index is 0.0481. The molecule has 1 amide bonds. The molecule has 1 aromatic rings. The summed E-state index contributed by atoms with van der Waals surface area (Å²) in [6.45, 7) is 5.26. The molecule has 0 bridgehead atoms. The third kappa shape index (κ3) is 5.50. The van der Waals surface area contributed by atoms with E-state index in [1.807, 2.05) is 11.8 Å². The molecule has 2 heterocycles. The van der Waals surface area contributed by atoms with E-state index in [0.717, 1.165) is 44.8 Å². The van der Waals surface area contributed by atoms with Crippen molar-refractivity contribution < 1.29 is 4.79 Å². The molecule has 132 valence electrons. The Morgan fingerprint density at radius 3 is 2.92 bits per heavy atom. The quantitative estimate of drug-likeness (QED) is 0.743. The lowest BCUT2D eigenvalue weighted by Gasteiger charge is -2.32. The van der Waals surface area contributed by atoms with Crippen LogP contribution < -0.4 is 10.6 Å². The number of piperidine rings is 1. The van der Waals surface area contributed by atoms with Crippen LogP contribution in [0.2, 0.25) is 0 Å². The highest BCUT2D eigenvalue weighted by atomic mass is 32.2. The Labute approximate surface area is 149 Å². The lowest BCUT2D eigenvalue weighted by atomic mass is 9.98. The SMILES string of the molecule is O=C(NCC1CCCN(CCSc2ccccc2)C1)C1CCCN1. The molecule has 2 saturated heterocycles. The predicted octanol–water partition coefficient (Wildman–Crippen LogP) is 2.36. The summed E-state index contributed by atoms with van der Waals surface area (Å²) in [6.07, 6.45) is 4.59. The Bertz CT molecular complexity index is 505. The molecule has 2 fully saturated rings. The van der Waals surface area contributed by atoms with Crippen molar-refractivity contribution in [2.45, 2.75) is 36.6 Å². The summed E-state index contributed by atoms with van der Waals surface area (Å²) in [5.41, 5.74) is 0. The molecule has 0 spiro atoms. The molecule has 24 heavy (non-hydrogen) atoms. The zero-order valence-electron chi connectivity index (χ0n) is 14.4. The summed E-state index contributed by atoms with van der Waals surface area (Å²) in [5.74, 6) is 1.94. The molecule has 0 aliphatic carbocycles. The number of likely N-dealkylation sites (tertiary alicyclic amines) is 1. The van der Waals surface area contributed by atoms with E-state index in [9.17, 15) is 4.79 Å². The van der Waals surface area contributed by atoms with Crippen LogP contribution in [0.1, 0.15) is 25.7 Å². The van der Waals surface area contributed by atoms with Gasteiger partial charge in [0.15, 0.2) is 0 Å². The van der Waals surface area contributed by atoms with E-state index in [4.69, 9.17) is 0 Å². The number of carbonyl (C=O) groups is 1. The lowest BCUT2D eigenvalue weighted by Crippen LogP contribution is -2.45. The van der Waals surface area contributed by atoms with Crippen LogP contribution in [0.5, 0.6) is 0 Å². The van der Waals surface area contributed by atoms with Crippen molar-refractivity contribution in [2.24, 2.45) is 5.92 Å². The molecular formula is C19H29N3OS. The zero-order chi connectivity index (χ0) is 16.6. The van der Waals surface area contributed by atoms with Gasteiger partial charge in [-0.3, -0.25) is 4.79 Å². The summed E-state index contributed by atoms with van der Waals surface area (Å²) < 4.78 is 0. The molecule has 0 radical (unpaired) electrons. The number of nitrogens with one attached hydrogen (secondary N) is 2. The highest BCUT2D eigenvalue weighted by Crippen LogP contribution is 2.20. The molecule has 3 rings (SSSR count). The molecule has 0 aromatic heterocycles. The van der Waals surface area contributed by atoms with Gasteiger partial charge in [-0.25, -0.2) is 0 Å². The smallest absolute Gasteiger partial charge is 0.237 e. The Morgan fingerprint density at radius 1 is 1.25 bits per heavy atom. The minimum Gasteiger partial charge on any atom is -0.354 e. The molecule has 2 atom stereocenters.